The molecule has 0 saturated heterocycles. The lowest BCUT2D eigenvalue weighted by Gasteiger charge is -2.08. The van der Waals surface area contributed by atoms with Crippen molar-refractivity contribution in [1.29, 1.82) is 0 Å². The highest BCUT2D eigenvalue weighted by Gasteiger charge is 2.13. The van der Waals surface area contributed by atoms with Gasteiger partial charge in [0.15, 0.2) is 0 Å². The van der Waals surface area contributed by atoms with E-state index >= 15 is 0 Å². The van der Waals surface area contributed by atoms with Gasteiger partial charge < -0.3 is 5.11 Å². The van der Waals surface area contributed by atoms with Crippen molar-refractivity contribution in [1.82, 2.24) is 9.13 Å². The predicted octanol–water partition coefficient (Wildman–Crippen LogP) is 2.21. The fourth-order valence-electron chi connectivity index (χ4n) is 2.55. The van der Waals surface area contributed by atoms with Crippen molar-refractivity contribution in [2.75, 3.05) is 0 Å². The summed E-state index contributed by atoms with van der Waals surface area (Å²) in [6.07, 6.45) is 1.29. The number of aromatic hydroxyl groups is 1. The van der Waals surface area contributed by atoms with Crippen molar-refractivity contribution in [3.8, 4) is 17.0 Å². The van der Waals surface area contributed by atoms with E-state index in [1.54, 1.807) is 0 Å². The van der Waals surface area contributed by atoms with E-state index in [1.807, 2.05) is 54.6 Å². The molecule has 0 unspecified atom stereocenters. The molecule has 126 valence electrons. The lowest BCUT2D eigenvalue weighted by Crippen LogP contribution is -2.38. The summed E-state index contributed by atoms with van der Waals surface area (Å²) in [5.41, 5.74) is 1.33. The largest absolute Gasteiger partial charge is 0.494 e. The Bertz CT molecular complexity index is 1060. The first-order chi connectivity index (χ1) is 12.0. The number of para-hydroxylation sites is 1. The monoisotopic (exact) mass is 335 g/mol. The molecule has 6 nitrogen and oxygen atoms in total. The van der Waals surface area contributed by atoms with Crippen LogP contribution in [0, 0.1) is 0 Å². The standard InChI is InChI=1S/C19H17N3O3/c1-21-17(23)15(18(24)22(2)19(21)25)12-20-16-11-7-6-10-14(16)13-8-4-3-5-9-13/h3-12,23H,1-2H3. The van der Waals surface area contributed by atoms with E-state index in [1.165, 1.54) is 20.3 Å². The molecular weight excluding hydrogens is 318 g/mol. The maximum atomic E-state index is 12.2. The zero-order chi connectivity index (χ0) is 18.0. The SMILES string of the molecule is Cn1c(O)c(C=Nc2ccccc2-c2ccccc2)c(=O)n(C)c1=O. The highest BCUT2D eigenvalue weighted by molar-refractivity contribution is 5.87. The molecule has 1 aromatic heterocycles. The molecular formula is C19H17N3O3. The van der Waals surface area contributed by atoms with Crippen LogP contribution >= 0.6 is 0 Å². The smallest absolute Gasteiger partial charge is 0.333 e. The molecule has 0 spiro atoms. The van der Waals surface area contributed by atoms with E-state index in [2.05, 4.69) is 4.99 Å². The average Bonchev–Trinajstić information content (AvgIpc) is 2.66. The summed E-state index contributed by atoms with van der Waals surface area (Å²) in [5, 5.41) is 10.1. The highest BCUT2D eigenvalue weighted by Crippen LogP contribution is 2.29. The van der Waals surface area contributed by atoms with Gasteiger partial charge >= 0.3 is 5.69 Å². The molecule has 3 aromatic rings. The summed E-state index contributed by atoms with van der Waals surface area (Å²) < 4.78 is 1.94. The van der Waals surface area contributed by atoms with Crippen molar-refractivity contribution in [2.24, 2.45) is 19.1 Å². The van der Waals surface area contributed by atoms with Crippen LogP contribution in [0.2, 0.25) is 0 Å². The predicted molar refractivity (Wildman–Crippen MR) is 97.7 cm³/mol. The molecule has 6 heteroatoms. The fraction of sp³-hybridized carbons (Fsp3) is 0.105. The van der Waals surface area contributed by atoms with Crippen LogP contribution in [0.15, 0.2) is 69.2 Å². The van der Waals surface area contributed by atoms with E-state index in [9.17, 15) is 14.7 Å². The highest BCUT2D eigenvalue weighted by atomic mass is 16.3. The van der Waals surface area contributed by atoms with Gasteiger partial charge in [0.05, 0.1) is 5.69 Å². The number of benzene rings is 2. The number of rotatable bonds is 3. The molecule has 0 atom stereocenters. The van der Waals surface area contributed by atoms with Crippen molar-refractivity contribution in [3.05, 3.63) is 81.0 Å². The number of aromatic nitrogens is 2. The number of hydrogen-bond donors (Lipinski definition) is 1. The molecule has 0 fully saturated rings. The lowest BCUT2D eigenvalue weighted by molar-refractivity contribution is 0.410. The van der Waals surface area contributed by atoms with Crippen LogP contribution in [0.1, 0.15) is 5.56 Å². The molecule has 0 aliphatic rings. The quantitative estimate of drug-likeness (QED) is 0.746. The van der Waals surface area contributed by atoms with Crippen molar-refractivity contribution in [2.45, 2.75) is 0 Å². The Balaban J connectivity index is 2.12. The Hall–Kier alpha value is -3.41. The summed E-state index contributed by atoms with van der Waals surface area (Å²) in [6, 6.07) is 17.2. The molecule has 1 heterocycles. The summed E-state index contributed by atoms with van der Waals surface area (Å²) in [7, 11) is 2.76. The minimum Gasteiger partial charge on any atom is -0.494 e. The minimum absolute atomic E-state index is 0.0348. The molecule has 0 amide bonds. The van der Waals surface area contributed by atoms with Gasteiger partial charge in [-0.2, -0.15) is 0 Å². The van der Waals surface area contributed by atoms with Gasteiger partial charge in [-0.3, -0.25) is 18.9 Å². The third kappa shape index (κ3) is 3.01. The van der Waals surface area contributed by atoms with Crippen LogP contribution in [0.4, 0.5) is 5.69 Å². The second-order valence-electron chi connectivity index (χ2n) is 5.58. The van der Waals surface area contributed by atoms with Gasteiger partial charge in [-0.15, -0.1) is 0 Å². The van der Waals surface area contributed by atoms with Gasteiger partial charge in [0.2, 0.25) is 5.88 Å². The Morgan fingerprint density at radius 2 is 1.56 bits per heavy atom. The first kappa shape index (κ1) is 16.4. The van der Waals surface area contributed by atoms with Crippen LogP contribution < -0.4 is 11.2 Å². The topological polar surface area (TPSA) is 76.6 Å². The number of nitrogens with zero attached hydrogens (tertiary/aromatic N) is 3. The van der Waals surface area contributed by atoms with E-state index in [4.69, 9.17) is 0 Å². The van der Waals surface area contributed by atoms with Crippen LogP contribution in [-0.4, -0.2) is 20.5 Å². The van der Waals surface area contributed by atoms with Crippen LogP contribution in [-0.2, 0) is 14.1 Å². The molecule has 25 heavy (non-hydrogen) atoms. The number of hydrogen-bond acceptors (Lipinski definition) is 4. The first-order valence-electron chi connectivity index (χ1n) is 7.68. The molecule has 0 aliphatic carbocycles. The van der Waals surface area contributed by atoms with Crippen molar-refractivity contribution in [3.63, 3.8) is 0 Å². The van der Waals surface area contributed by atoms with Gasteiger partial charge in [0.25, 0.3) is 5.56 Å². The van der Waals surface area contributed by atoms with E-state index in [-0.39, 0.29) is 5.56 Å². The average molecular weight is 335 g/mol. The number of aliphatic imine (C=N–C) groups is 1. The molecule has 2 aromatic carbocycles. The molecule has 0 aliphatic heterocycles. The van der Waals surface area contributed by atoms with Gasteiger partial charge in [-0.1, -0.05) is 48.5 Å². The van der Waals surface area contributed by atoms with Crippen LogP contribution in [0.25, 0.3) is 11.1 Å². The van der Waals surface area contributed by atoms with Crippen molar-refractivity contribution < 1.29 is 5.11 Å². The Morgan fingerprint density at radius 3 is 2.28 bits per heavy atom. The Morgan fingerprint density at radius 1 is 0.920 bits per heavy atom. The van der Waals surface area contributed by atoms with Crippen LogP contribution in [0.5, 0.6) is 5.88 Å². The second-order valence-corrected chi connectivity index (χ2v) is 5.58. The van der Waals surface area contributed by atoms with Crippen LogP contribution in [0.3, 0.4) is 0 Å². The minimum atomic E-state index is -0.596. The van der Waals surface area contributed by atoms with Gasteiger partial charge in [0.1, 0.15) is 5.56 Å². The normalized spacial score (nSPS) is 11.1. The summed E-state index contributed by atoms with van der Waals surface area (Å²) in [5.74, 6) is -0.408. The van der Waals surface area contributed by atoms with Gasteiger partial charge in [-0.25, -0.2) is 4.79 Å². The zero-order valence-electron chi connectivity index (χ0n) is 13.9. The summed E-state index contributed by atoms with van der Waals surface area (Å²) >= 11 is 0. The summed E-state index contributed by atoms with van der Waals surface area (Å²) in [6.45, 7) is 0. The van der Waals surface area contributed by atoms with Crippen molar-refractivity contribution >= 4 is 11.9 Å². The first-order valence-corrected chi connectivity index (χ1v) is 7.68. The van der Waals surface area contributed by atoms with E-state index in [0.717, 1.165) is 20.3 Å². The third-order valence-corrected chi connectivity index (χ3v) is 3.99. The van der Waals surface area contributed by atoms with E-state index in [0.29, 0.717) is 5.69 Å². The van der Waals surface area contributed by atoms with Gasteiger partial charge in [-0.05, 0) is 11.6 Å². The molecule has 0 saturated carbocycles. The molecule has 0 bridgehead atoms. The van der Waals surface area contributed by atoms with E-state index < -0.39 is 17.1 Å². The maximum absolute atomic E-state index is 12.2. The molecule has 1 N–H and O–H groups in total. The molecule has 0 radical (unpaired) electrons. The van der Waals surface area contributed by atoms with Gasteiger partial charge in [0, 0.05) is 25.9 Å². The molecule has 3 rings (SSSR count). The fourth-order valence-corrected chi connectivity index (χ4v) is 2.55. The summed E-state index contributed by atoms with van der Waals surface area (Å²) in [4.78, 5) is 28.4. The zero-order valence-corrected chi connectivity index (χ0v) is 13.9. The maximum Gasteiger partial charge on any atom is 0.333 e. The third-order valence-electron chi connectivity index (χ3n) is 3.99. The Kier molecular flexibility index (Phi) is 4.35. The lowest BCUT2D eigenvalue weighted by atomic mass is 10.0. The Labute approximate surface area is 144 Å². The second kappa shape index (κ2) is 6.60.